The molecule has 0 radical (unpaired) electrons. The Balaban J connectivity index is 2.33. The number of aliphatic hydroxyl groups excluding tert-OH is 1. The van der Waals surface area contributed by atoms with Gasteiger partial charge in [-0.1, -0.05) is 0 Å². The highest BCUT2D eigenvalue weighted by atomic mass is 16.4. The second kappa shape index (κ2) is 6.74. The lowest BCUT2D eigenvalue weighted by Crippen LogP contribution is -2.51. The van der Waals surface area contributed by atoms with E-state index in [0.717, 1.165) is 5.69 Å². The molecule has 0 bridgehead atoms. The third-order valence-electron chi connectivity index (χ3n) is 2.47. The van der Waals surface area contributed by atoms with Crippen LogP contribution in [0.15, 0.2) is 12.3 Å². The first-order valence-corrected chi connectivity index (χ1v) is 5.84. The van der Waals surface area contributed by atoms with Crippen molar-refractivity contribution in [2.45, 2.75) is 25.5 Å². The monoisotopic (exact) mass is 270 g/mol. The Morgan fingerprint density at radius 1 is 1.53 bits per heavy atom. The molecule has 1 heterocycles. The molecule has 0 aliphatic heterocycles. The molecule has 8 heteroatoms. The minimum atomic E-state index is -1.32. The summed E-state index contributed by atoms with van der Waals surface area (Å²) in [5.74, 6) is -1.28. The number of nitrogens with zero attached hydrogens (tertiary/aromatic N) is 2. The first kappa shape index (κ1) is 15.0. The first-order chi connectivity index (χ1) is 8.90. The number of aryl methyl sites for hydroxylation is 1. The zero-order valence-electron chi connectivity index (χ0n) is 10.8. The van der Waals surface area contributed by atoms with E-state index in [2.05, 4.69) is 15.7 Å². The van der Waals surface area contributed by atoms with Crippen molar-refractivity contribution in [2.24, 2.45) is 7.05 Å². The highest BCUT2D eigenvalue weighted by molar-refractivity contribution is 5.82. The standard InChI is InChI=1S/C11H18N4O4/c1-7(16)9(10(17)18)13-11(19)12-5-3-8-4-6-15(2)14-8/h4,6-7,9,16H,3,5H2,1-2H3,(H,17,18)(H2,12,13,19)/t7-,9+/m1/s1. The molecule has 2 amide bonds. The van der Waals surface area contributed by atoms with Crippen LogP contribution in [0.5, 0.6) is 0 Å². The number of carbonyl (C=O) groups is 2. The Labute approximate surface area is 110 Å². The van der Waals surface area contributed by atoms with Crippen LogP contribution in [0.1, 0.15) is 12.6 Å². The number of rotatable bonds is 6. The van der Waals surface area contributed by atoms with E-state index in [4.69, 9.17) is 5.11 Å². The molecule has 0 aliphatic carbocycles. The predicted molar refractivity (Wildman–Crippen MR) is 66.6 cm³/mol. The Kier molecular flexibility index (Phi) is 5.31. The van der Waals surface area contributed by atoms with Crippen molar-refractivity contribution in [3.8, 4) is 0 Å². The number of nitrogens with one attached hydrogen (secondary N) is 2. The number of carboxylic acids is 1. The van der Waals surface area contributed by atoms with Crippen molar-refractivity contribution in [2.75, 3.05) is 6.54 Å². The maximum absolute atomic E-state index is 11.4. The normalized spacial score (nSPS) is 13.6. The summed E-state index contributed by atoms with van der Waals surface area (Å²) >= 11 is 0. The molecule has 106 valence electrons. The molecule has 8 nitrogen and oxygen atoms in total. The van der Waals surface area contributed by atoms with Gasteiger partial charge in [0, 0.05) is 26.2 Å². The Hall–Kier alpha value is -2.09. The molecule has 0 fully saturated rings. The topological polar surface area (TPSA) is 116 Å². The van der Waals surface area contributed by atoms with E-state index in [1.165, 1.54) is 6.92 Å². The van der Waals surface area contributed by atoms with Gasteiger partial charge in [-0.15, -0.1) is 0 Å². The van der Waals surface area contributed by atoms with Gasteiger partial charge in [-0.05, 0) is 13.0 Å². The fourth-order valence-corrected chi connectivity index (χ4v) is 1.48. The van der Waals surface area contributed by atoms with Crippen molar-refractivity contribution < 1.29 is 19.8 Å². The third-order valence-corrected chi connectivity index (χ3v) is 2.47. The number of aliphatic carboxylic acids is 1. The predicted octanol–water partition coefficient (Wildman–Crippen LogP) is -0.904. The van der Waals surface area contributed by atoms with Crippen LogP contribution in [0, 0.1) is 0 Å². The van der Waals surface area contributed by atoms with Crippen LogP contribution in [-0.2, 0) is 18.3 Å². The number of aliphatic hydroxyl groups is 1. The summed E-state index contributed by atoms with van der Waals surface area (Å²) < 4.78 is 1.66. The van der Waals surface area contributed by atoms with Crippen LogP contribution in [0.25, 0.3) is 0 Å². The van der Waals surface area contributed by atoms with Gasteiger partial charge < -0.3 is 20.8 Å². The second-order valence-corrected chi connectivity index (χ2v) is 4.19. The second-order valence-electron chi connectivity index (χ2n) is 4.19. The molecule has 0 saturated heterocycles. The number of carbonyl (C=O) groups excluding carboxylic acids is 1. The molecule has 1 aromatic rings. The smallest absolute Gasteiger partial charge is 0.328 e. The number of urea groups is 1. The van der Waals surface area contributed by atoms with Crippen molar-refractivity contribution in [1.29, 1.82) is 0 Å². The van der Waals surface area contributed by atoms with Gasteiger partial charge in [0.05, 0.1) is 11.8 Å². The first-order valence-electron chi connectivity index (χ1n) is 5.84. The molecular formula is C11H18N4O4. The molecule has 0 aromatic carbocycles. The number of carboxylic acid groups (broad SMARTS) is 1. The summed E-state index contributed by atoms with van der Waals surface area (Å²) in [7, 11) is 1.80. The minimum absolute atomic E-state index is 0.328. The minimum Gasteiger partial charge on any atom is -0.480 e. The van der Waals surface area contributed by atoms with Crippen LogP contribution < -0.4 is 10.6 Å². The number of hydrogen-bond donors (Lipinski definition) is 4. The molecular weight excluding hydrogens is 252 g/mol. The van der Waals surface area contributed by atoms with Crippen LogP contribution >= 0.6 is 0 Å². The lowest BCUT2D eigenvalue weighted by atomic mass is 10.2. The van der Waals surface area contributed by atoms with Gasteiger partial charge in [-0.2, -0.15) is 5.10 Å². The van der Waals surface area contributed by atoms with Gasteiger partial charge in [0.2, 0.25) is 0 Å². The summed E-state index contributed by atoms with van der Waals surface area (Å²) in [6, 6.07) is -0.130. The summed E-state index contributed by atoms with van der Waals surface area (Å²) in [5, 5.41) is 26.8. The Bertz CT molecular complexity index is 444. The van der Waals surface area contributed by atoms with Crippen molar-refractivity contribution in [3.63, 3.8) is 0 Å². The maximum atomic E-state index is 11.4. The molecule has 4 N–H and O–H groups in total. The summed E-state index contributed by atoms with van der Waals surface area (Å²) in [4.78, 5) is 22.2. The molecule has 1 aromatic heterocycles. The van der Waals surface area contributed by atoms with E-state index >= 15 is 0 Å². The van der Waals surface area contributed by atoms with E-state index in [9.17, 15) is 14.7 Å². The molecule has 0 aliphatic rings. The molecule has 0 spiro atoms. The molecule has 1 rings (SSSR count). The van der Waals surface area contributed by atoms with Gasteiger partial charge in [0.25, 0.3) is 0 Å². The van der Waals surface area contributed by atoms with E-state index in [1.54, 1.807) is 17.9 Å². The summed E-state index contributed by atoms with van der Waals surface area (Å²) in [6.45, 7) is 1.63. The van der Waals surface area contributed by atoms with Crippen LogP contribution in [0.2, 0.25) is 0 Å². The zero-order valence-corrected chi connectivity index (χ0v) is 10.8. The lowest BCUT2D eigenvalue weighted by molar-refractivity contribution is -0.141. The van der Waals surface area contributed by atoms with Gasteiger partial charge in [-0.3, -0.25) is 4.68 Å². The SMILES string of the molecule is C[C@@H](O)[C@H](NC(=O)NCCc1ccn(C)n1)C(=O)O. The fraction of sp³-hybridized carbons (Fsp3) is 0.545. The van der Waals surface area contributed by atoms with E-state index in [0.29, 0.717) is 13.0 Å². The molecule has 0 unspecified atom stereocenters. The molecule has 19 heavy (non-hydrogen) atoms. The van der Waals surface area contributed by atoms with Gasteiger partial charge in [0.1, 0.15) is 0 Å². The largest absolute Gasteiger partial charge is 0.480 e. The van der Waals surface area contributed by atoms with Crippen LogP contribution in [-0.4, -0.2) is 50.7 Å². The summed E-state index contributed by atoms with van der Waals surface area (Å²) in [6.07, 6.45) is 1.17. The Morgan fingerprint density at radius 2 is 2.21 bits per heavy atom. The van der Waals surface area contributed by atoms with Gasteiger partial charge in [-0.25, -0.2) is 9.59 Å². The fourth-order valence-electron chi connectivity index (χ4n) is 1.48. The third kappa shape index (κ3) is 4.96. The number of aromatic nitrogens is 2. The number of hydrogen-bond acceptors (Lipinski definition) is 4. The van der Waals surface area contributed by atoms with Gasteiger partial charge >= 0.3 is 12.0 Å². The quantitative estimate of drug-likeness (QED) is 0.534. The van der Waals surface area contributed by atoms with Gasteiger partial charge in [0.15, 0.2) is 6.04 Å². The van der Waals surface area contributed by atoms with Crippen LogP contribution in [0.3, 0.4) is 0 Å². The van der Waals surface area contributed by atoms with E-state index < -0.39 is 24.1 Å². The van der Waals surface area contributed by atoms with Crippen LogP contribution in [0.4, 0.5) is 4.79 Å². The average molecular weight is 270 g/mol. The number of amides is 2. The highest BCUT2D eigenvalue weighted by Gasteiger charge is 2.24. The maximum Gasteiger partial charge on any atom is 0.328 e. The Morgan fingerprint density at radius 3 is 2.68 bits per heavy atom. The van der Waals surface area contributed by atoms with Crippen molar-refractivity contribution >= 4 is 12.0 Å². The van der Waals surface area contributed by atoms with Crippen molar-refractivity contribution in [1.82, 2.24) is 20.4 Å². The molecule has 0 saturated carbocycles. The average Bonchev–Trinajstić information content (AvgIpc) is 2.71. The highest BCUT2D eigenvalue weighted by Crippen LogP contribution is 1.95. The lowest BCUT2D eigenvalue weighted by Gasteiger charge is -2.17. The van der Waals surface area contributed by atoms with E-state index in [-0.39, 0.29) is 0 Å². The van der Waals surface area contributed by atoms with Crippen molar-refractivity contribution in [3.05, 3.63) is 18.0 Å². The summed E-state index contributed by atoms with van der Waals surface area (Å²) in [5.41, 5.74) is 0.827. The molecule has 2 atom stereocenters. The zero-order chi connectivity index (χ0) is 14.4. The van der Waals surface area contributed by atoms with E-state index in [1.807, 2.05) is 6.07 Å².